The van der Waals surface area contributed by atoms with Crippen molar-refractivity contribution in [1.82, 2.24) is 5.32 Å². The minimum atomic E-state index is -0.231. The highest BCUT2D eigenvalue weighted by atomic mass is 35.5. The maximum absolute atomic E-state index is 11.2. The van der Waals surface area contributed by atoms with Crippen LogP contribution in [0.5, 0.6) is 0 Å². The van der Waals surface area contributed by atoms with Crippen LogP contribution < -0.4 is 16.0 Å². The van der Waals surface area contributed by atoms with E-state index in [1.54, 1.807) is 7.05 Å². The molecule has 0 aromatic heterocycles. The Labute approximate surface area is 129 Å². The van der Waals surface area contributed by atoms with E-state index in [1.807, 2.05) is 48.5 Å². The summed E-state index contributed by atoms with van der Waals surface area (Å²) in [6.07, 6.45) is 0. The first kappa shape index (κ1) is 15.2. The molecule has 2 amide bonds. The van der Waals surface area contributed by atoms with Gasteiger partial charge in [-0.15, -0.1) is 0 Å². The SMILES string of the molecule is CNC(=O)Nc1ccc(NC(C)c2ccc(Cl)cc2)cc1. The molecule has 0 fully saturated rings. The average Bonchev–Trinajstić information content (AvgIpc) is 2.49. The van der Waals surface area contributed by atoms with Crippen molar-refractivity contribution in [2.45, 2.75) is 13.0 Å². The third-order valence-electron chi connectivity index (χ3n) is 3.12. The third kappa shape index (κ3) is 4.39. The quantitative estimate of drug-likeness (QED) is 0.790. The van der Waals surface area contributed by atoms with Gasteiger partial charge in [0.1, 0.15) is 0 Å². The first-order chi connectivity index (χ1) is 10.1. The van der Waals surface area contributed by atoms with E-state index < -0.39 is 0 Å². The van der Waals surface area contributed by atoms with Gasteiger partial charge in [0, 0.05) is 29.5 Å². The summed E-state index contributed by atoms with van der Waals surface area (Å²) >= 11 is 5.89. The zero-order chi connectivity index (χ0) is 15.2. The monoisotopic (exact) mass is 303 g/mol. The fraction of sp³-hybridized carbons (Fsp3) is 0.188. The number of amides is 2. The van der Waals surface area contributed by atoms with Crippen LogP contribution in [0.1, 0.15) is 18.5 Å². The maximum Gasteiger partial charge on any atom is 0.318 e. The number of urea groups is 1. The van der Waals surface area contributed by atoms with E-state index in [0.717, 1.165) is 22.0 Å². The number of carbonyl (C=O) groups excluding carboxylic acids is 1. The van der Waals surface area contributed by atoms with Gasteiger partial charge in [0.15, 0.2) is 0 Å². The van der Waals surface area contributed by atoms with E-state index in [4.69, 9.17) is 11.6 Å². The molecule has 2 rings (SSSR count). The third-order valence-corrected chi connectivity index (χ3v) is 3.37. The van der Waals surface area contributed by atoms with Crippen molar-refractivity contribution in [2.24, 2.45) is 0 Å². The Morgan fingerprint density at radius 3 is 2.14 bits per heavy atom. The van der Waals surface area contributed by atoms with Crippen LogP contribution in [0.3, 0.4) is 0 Å². The number of hydrogen-bond donors (Lipinski definition) is 3. The van der Waals surface area contributed by atoms with Gasteiger partial charge in [-0.3, -0.25) is 0 Å². The van der Waals surface area contributed by atoms with Crippen molar-refractivity contribution < 1.29 is 4.79 Å². The molecule has 21 heavy (non-hydrogen) atoms. The number of halogens is 1. The first-order valence-corrected chi connectivity index (χ1v) is 7.07. The van der Waals surface area contributed by atoms with E-state index >= 15 is 0 Å². The molecule has 1 atom stereocenters. The molecule has 0 radical (unpaired) electrons. The van der Waals surface area contributed by atoms with Gasteiger partial charge in [-0.25, -0.2) is 4.79 Å². The van der Waals surface area contributed by atoms with E-state index in [2.05, 4.69) is 22.9 Å². The van der Waals surface area contributed by atoms with Crippen molar-refractivity contribution in [3.05, 3.63) is 59.1 Å². The summed E-state index contributed by atoms with van der Waals surface area (Å²) in [5.41, 5.74) is 2.89. The van der Waals surface area contributed by atoms with Crippen LogP contribution in [-0.4, -0.2) is 13.1 Å². The molecule has 0 saturated carbocycles. The highest BCUT2D eigenvalue weighted by Gasteiger charge is 2.05. The van der Waals surface area contributed by atoms with Crippen molar-refractivity contribution in [2.75, 3.05) is 17.7 Å². The molecule has 4 nitrogen and oxygen atoms in total. The van der Waals surface area contributed by atoms with Gasteiger partial charge in [0.25, 0.3) is 0 Å². The molecule has 0 aliphatic carbocycles. The smallest absolute Gasteiger partial charge is 0.318 e. The lowest BCUT2D eigenvalue weighted by Crippen LogP contribution is -2.24. The topological polar surface area (TPSA) is 53.2 Å². The van der Waals surface area contributed by atoms with Crippen LogP contribution in [0, 0.1) is 0 Å². The molecule has 3 N–H and O–H groups in total. The van der Waals surface area contributed by atoms with Gasteiger partial charge < -0.3 is 16.0 Å². The Morgan fingerprint density at radius 2 is 1.57 bits per heavy atom. The molecular formula is C16H18ClN3O. The summed E-state index contributed by atoms with van der Waals surface area (Å²) < 4.78 is 0. The Bertz CT molecular complexity index is 596. The molecule has 0 aliphatic heterocycles. The number of hydrogen-bond acceptors (Lipinski definition) is 2. The van der Waals surface area contributed by atoms with Crippen molar-refractivity contribution in [3.8, 4) is 0 Å². The van der Waals surface area contributed by atoms with E-state index in [9.17, 15) is 4.79 Å². The predicted octanol–water partition coefficient (Wildman–Crippen LogP) is 4.26. The Balaban J connectivity index is 1.99. The molecule has 1 unspecified atom stereocenters. The van der Waals surface area contributed by atoms with E-state index in [-0.39, 0.29) is 12.1 Å². The fourth-order valence-corrected chi connectivity index (χ4v) is 2.05. The zero-order valence-corrected chi connectivity index (χ0v) is 12.7. The molecular weight excluding hydrogens is 286 g/mol. The lowest BCUT2D eigenvalue weighted by atomic mass is 10.1. The average molecular weight is 304 g/mol. The van der Waals surface area contributed by atoms with Gasteiger partial charge in [-0.1, -0.05) is 23.7 Å². The molecule has 0 aliphatic rings. The molecule has 5 heteroatoms. The van der Waals surface area contributed by atoms with Crippen molar-refractivity contribution in [3.63, 3.8) is 0 Å². The number of benzene rings is 2. The number of anilines is 2. The van der Waals surface area contributed by atoms with Gasteiger partial charge in [0.2, 0.25) is 0 Å². The maximum atomic E-state index is 11.2. The lowest BCUT2D eigenvalue weighted by Gasteiger charge is -2.16. The van der Waals surface area contributed by atoms with Crippen LogP contribution in [0.15, 0.2) is 48.5 Å². The highest BCUT2D eigenvalue weighted by molar-refractivity contribution is 6.30. The predicted molar refractivity (Wildman–Crippen MR) is 88.0 cm³/mol. The minimum absolute atomic E-state index is 0.167. The van der Waals surface area contributed by atoms with Gasteiger partial charge in [-0.05, 0) is 48.9 Å². The minimum Gasteiger partial charge on any atom is -0.379 e. The van der Waals surface area contributed by atoms with Crippen LogP contribution in [0.2, 0.25) is 5.02 Å². The van der Waals surface area contributed by atoms with Gasteiger partial charge in [-0.2, -0.15) is 0 Å². The number of nitrogens with one attached hydrogen (secondary N) is 3. The second-order valence-electron chi connectivity index (χ2n) is 4.70. The second-order valence-corrected chi connectivity index (χ2v) is 5.14. The van der Waals surface area contributed by atoms with Gasteiger partial charge in [0.05, 0.1) is 0 Å². The Kier molecular flexibility index (Phi) is 5.06. The summed E-state index contributed by atoms with van der Waals surface area (Å²) in [5.74, 6) is 0. The molecule has 110 valence electrons. The Morgan fingerprint density at radius 1 is 1.00 bits per heavy atom. The summed E-state index contributed by atoms with van der Waals surface area (Å²) in [6.45, 7) is 2.08. The van der Waals surface area contributed by atoms with Crippen molar-refractivity contribution in [1.29, 1.82) is 0 Å². The molecule has 0 saturated heterocycles. The Hall–Kier alpha value is -2.20. The van der Waals surface area contributed by atoms with E-state index in [1.165, 1.54) is 0 Å². The zero-order valence-electron chi connectivity index (χ0n) is 12.0. The molecule has 0 bridgehead atoms. The van der Waals surface area contributed by atoms with Crippen LogP contribution in [-0.2, 0) is 0 Å². The molecule has 2 aromatic carbocycles. The number of carbonyl (C=O) groups is 1. The van der Waals surface area contributed by atoms with E-state index in [0.29, 0.717) is 0 Å². The highest BCUT2D eigenvalue weighted by Crippen LogP contribution is 2.22. The lowest BCUT2D eigenvalue weighted by molar-refractivity contribution is 0.254. The first-order valence-electron chi connectivity index (χ1n) is 6.69. The standard InChI is InChI=1S/C16H18ClN3O/c1-11(12-3-5-13(17)6-4-12)19-14-7-9-15(10-8-14)20-16(21)18-2/h3-11,19H,1-2H3,(H2,18,20,21). The summed E-state index contributed by atoms with van der Waals surface area (Å²) in [4.78, 5) is 11.2. The molecule has 2 aromatic rings. The van der Waals surface area contributed by atoms with Gasteiger partial charge >= 0.3 is 6.03 Å². The fourth-order valence-electron chi connectivity index (χ4n) is 1.93. The molecule has 0 spiro atoms. The molecule has 0 heterocycles. The largest absolute Gasteiger partial charge is 0.379 e. The summed E-state index contributed by atoms with van der Waals surface area (Å²) in [5, 5.41) is 9.36. The van der Waals surface area contributed by atoms with Crippen LogP contribution >= 0.6 is 11.6 Å². The normalized spacial score (nSPS) is 11.6. The van der Waals surface area contributed by atoms with Crippen molar-refractivity contribution >= 4 is 29.0 Å². The second kappa shape index (κ2) is 6.99. The summed E-state index contributed by atoms with van der Waals surface area (Å²) in [7, 11) is 1.58. The number of rotatable bonds is 4. The summed E-state index contributed by atoms with van der Waals surface area (Å²) in [6, 6.07) is 15.3. The van der Waals surface area contributed by atoms with Crippen LogP contribution in [0.25, 0.3) is 0 Å². The van der Waals surface area contributed by atoms with Crippen LogP contribution in [0.4, 0.5) is 16.2 Å².